The molecule has 0 atom stereocenters. The lowest BCUT2D eigenvalue weighted by Crippen LogP contribution is -2.52. The fourth-order valence-electron chi connectivity index (χ4n) is 3.75. The number of rotatable bonds is 4. The summed E-state index contributed by atoms with van der Waals surface area (Å²) < 4.78 is 2.15. The number of imidazole rings is 1. The van der Waals surface area contributed by atoms with Crippen LogP contribution in [0.2, 0.25) is 0 Å². The van der Waals surface area contributed by atoms with E-state index in [4.69, 9.17) is 4.98 Å². The summed E-state index contributed by atoms with van der Waals surface area (Å²) in [5.41, 5.74) is 4.06. The first kappa shape index (κ1) is 19.4. The van der Waals surface area contributed by atoms with E-state index < -0.39 is 0 Å². The van der Waals surface area contributed by atoms with Crippen molar-refractivity contribution in [2.24, 2.45) is 0 Å². The van der Waals surface area contributed by atoms with Crippen molar-refractivity contribution in [3.63, 3.8) is 0 Å². The standard InChI is InChI=1S/C22H28N6O/c1-16(2)24-22(29)27-12-10-26(11-13-27)15-20-25-19-8-5-9-23-21(19)28(20)18-7-4-6-17(3)14-18/h4-9,14,16H,10-13,15H2,1-3H3,(H,24,29). The summed E-state index contributed by atoms with van der Waals surface area (Å²) in [6.07, 6.45) is 1.81. The average molecular weight is 393 g/mol. The topological polar surface area (TPSA) is 66.3 Å². The minimum atomic E-state index is 0.0239. The molecular weight excluding hydrogens is 364 g/mol. The highest BCUT2D eigenvalue weighted by Crippen LogP contribution is 2.22. The molecule has 0 bridgehead atoms. The predicted molar refractivity (Wildman–Crippen MR) is 114 cm³/mol. The Morgan fingerprint density at radius 2 is 1.93 bits per heavy atom. The Labute approximate surface area is 171 Å². The number of carbonyl (C=O) groups is 1. The maximum absolute atomic E-state index is 12.2. The first-order chi connectivity index (χ1) is 14.0. The molecule has 1 N–H and O–H groups in total. The number of aryl methyl sites for hydroxylation is 1. The van der Waals surface area contributed by atoms with E-state index in [1.54, 1.807) is 0 Å². The van der Waals surface area contributed by atoms with Gasteiger partial charge in [0, 0.05) is 44.1 Å². The van der Waals surface area contributed by atoms with Crippen LogP contribution >= 0.6 is 0 Å². The van der Waals surface area contributed by atoms with Gasteiger partial charge >= 0.3 is 6.03 Å². The van der Waals surface area contributed by atoms with Crippen LogP contribution in [-0.2, 0) is 6.54 Å². The fourth-order valence-corrected chi connectivity index (χ4v) is 3.75. The van der Waals surface area contributed by atoms with Gasteiger partial charge in [0.2, 0.25) is 0 Å². The Bertz CT molecular complexity index is 1000. The zero-order valence-corrected chi connectivity index (χ0v) is 17.3. The highest BCUT2D eigenvalue weighted by molar-refractivity contribution is 5.75. The summed E-state index contributed by atoms with van der Waals surface area (Å²) >= 11 is 0. The highest BCUT2D eigenvalue weighted by atomic mass is 16.2. The maximum atomic E-state index is 12.2. The lowest BCUT2D eigenvalue weighted by molar-refractivity contribution is 0.132. The highest BCUT2D eigenvalue weighted by Gasteiger charge is 2.23. The van der Waals surface area contributed by atoms with Crippen LogP contribution in [-0.4, -0.2) is 62.6 Å². The summed E-state index contributed by atoms with van der Waals surface area (Å²) in [5.74, 6) is 0.976. The molecule has 1 fully saturated rings. The number of hydrogen-bond acceptors (Lipinski definition) is 4. The zero-order valence-electron chi connectivity index (χ0n) is 17.3. The van der Waals surface area contributed by atoms with Crippen molar-refractivity contribution in [1.29, 1.82) is 0 Å². The lowest BCUT2D eigenvalue weighted by Gasteiger charge is -2.34. The molecule has 29 heavy (non-hydrogen) atoms. The van der Waals surface area contributed by atoms with E-state index in [0.717, 1.165) is 55.4 Å². The van der Waals surface area contributed by atoms with Gasteiger partial charge in [-0.05, 0) is 50.6 Å². The molecule has 3 aromatic rings. The van der Waals surface area contributed by atoms with Crippen LogP contribution in [0.15, 0.2) is 42.6 Å². The van der Waals surface area contributed by atoms with Gasteiger partial charge in [-0.3, -0.25) is 9.47 Å². The normalized spacial score (nSPS) is 15.2. The van der Waals surface area contributed by atoms with Gasteiger partial charge < -0.3 is 10.2 Å². The van der Waals surface area contributed by atoms with Crippen LogP contribution in [0.5, 0.6) is 0 Å². The first-order valence-electron chi connectivity index (χ1n) is 10.2. The molecule has 3 heterocycles. The van der Waals surface area contributed by atoms with Gasteiger partial charge in [-0.2, -0.15) is 0 Å². The van der Waals surface area contributed by atoms with Crippen LogP contribution < -0.4 is 5.32 Å². The predicted octanol–water partition coefficient (Wildman–Crippen LogP) is 2.96. The Morgan fingerprint density at radius 1 is 1.14 bits per heavy atom. The van der Waals surface area contributed by atoms with Gasteiger partial charge in [-0.25, -0.2) is 14.8 Å². The molecular formula is C22H28N6O. The molecule has 1 aliphatic heterocycles. The number of benzene rings is 1. The third-order valence-corrected chi connectivity index (χ3v) is 5.18. The second-order valence-electron chi connectivity index (χ2n) is 7.92. The Morgan fingerprint density at radius 3 is 2.66 bits per heavy atom. The number of aromatic nitrogens is 3. The van der Waals surface area contributed by atoms with Crippen molar-refractivity contribution in [2.75, 3.05) is 26.2 Å². The summed E-state index contributed by atoms with van der Waals surface area (Å²) in [6.45, 7) is 9.89. The Balaban J connectivity index is 1.55. The third kappa shape index (κ3) is 4.24. The molecule has 7 nitrogen and oxygen atoms in total. The summed E-state index contributed by atoms with van der Waals surface area (Å²) in [6, 6.07) is 12.5. The van der Waals surface area contributed by atoms with E-state index in [9.17, 15) is 4.79 Å². The molecule has 0 radical (unpaired) electrons. The monoisotopic (exact) mass is 392 g/mol. The van der Waals surface area contributed by atoms with Gasteiger partial charge in [-0.15, -0.1) is 0 Å². The fraction of sp³-hybridized carbons (Fsp3) is 0.409. The number of urea groups is 1. The smallest absolute Gasteiger partial charge is 0.317 e. The van der Waals surface area contributed by atoms with Gasteiger partial charge in [0.15, 0.2) is 5.65 Å². The summed E-state index contributed by atoms with van der Waals surface area (Å²) in [7, 11) is 0. The largest absolute Gasteiger partial charge is 0.336 e. The van der Waals surface area contributed by atoms with Crippen molar-refractivity contribution in [2.45, 2.75) is 33.4 Å². The third-order valence-electron chi connectivity index (χ3n) is 5.18. The molecule has 0 unspecified atom stereocenters. The number of amides is 2. The van der Waals surface area contributed by atoms with Crippen LogP contribution in [0.3, 0.4) is 0 Å². The molecule has 0 aliphatic carbocycles. The van der Waals surface area contributed by atoms with Gasteiger partial charge in [0.25, 0.3) is 0 Å². The average Bonchev–Trinajstić information content (AvgIpc) is 3.05. The number of hydrogen-bond donors (Lipinski definition) is 1. The number of nitrogens with zero attached hydrogens (tertiary/aromatic N) is 5. The van der Waals surface area contributed by atoms with Crippen molar-refractivity contribution in [1.82, 2.24) is 29.7 Å². The van der Waals surface area contributed by atoms with Crippen LogP contribution in [0, 0.1) is 6.92 Å². The van der Waals surface area contributed by atoms with E-state index in [0.29, 0.717) is 0 Å². The second kappa shape index (κ2) is 8.21. The SMILES string of the molecule is Cc1cccc(-n2c(CN3CCN(C(=O)NC(C)C)CC3)nc3cccnc32)c1. The minimum absolute atomic E-state index is 0.0239. The van der Waals surface area contributed by atoms with Crippen LogP contribution in [0.25, 0.3) is 16.9 Å². The minimum Gasteiger partial charge on any atom is -0.336 e. The van der Waals surface area contributed by atoms with Crippen molar-refractivity contribution < 1.29 is 4.79 Å². The molecule has 152 valence electrons. The van der Waals surface area contributed by atoms with Gasteiger partial charge in [0.05, 0.1) is 6.54 Å². The van der Waals surface area contributed by atoms with E-state index in [1.807, 2.05) is 37.1 Å². The van der Waals surface area contributed by atoms with E-state index in [-0.39, 0.29) is 12.1 Å². The molecule has 1 aromatic carbocycles. The van der Waals surface area contributed by atoms with E-state index in [1.165, 1.54) is 5.56 Å². The lowest BCUT2D eigenvalue weighted by atomic mass is 10.2. The molecule has 2 aromatic heterocycles. The van der Waals surface area contributed by atoms with Crippen molar-refractivity contribution in [3.8, 4) is 5.69 Å². The molecule has 7 heteroatoms. The molecule has 0 spiro atoms. The van der Waals surface area contributed by atoms with Crippen molar-refractivity contribution in [3.05, 3.63) is 54.0 Å². The molecule has 1 aliphatic rings. The molecule has 1 saturated heterocycles. The quantitative estimate of drug-likeness (QED) is 0.741. The molecule has 2 amide bonds. The van der Waals surface area contributed by atoms with Gasteiger partial charge in [0.1, 0.15) is 11.3 Å². The number of pyridine rings is 1. The number of fused-ring (bicyclic) bond motifs is 1. The van der Waals surface area contributed by atoms with Crippen molar-refractivity contribution >= 4 is 17.2 Å². The Hall–Kier alpha value is -2.93. The number of piperazine rings is 1. The Kier molecular flexibility index (Phi) is 5.49. The van der Waals surface area contributed by atoms with E-state index in [2.05, 4.69) is 51.0 Å². The van der Waals surface area contributed by atoms with Gasteiger partial charge in [-0.1, -0.05) is 12.1 Å². The number of nitrogens with one attached hydrogen (secondary N) is 1. The van der Waals surface area contributed by atoms with Crippen LogP contribution in [0.1, 0.15) is 25.2 Å². The summed E-state index contributed by atoms with van der Waals surface area (Å²) in [5, 5.41) is 2.97. The first-order valence-corrected chi connectivity index (χ1v) is 10.2. The maximum Gasteiger partial charge on any atom is 0.317 e. The molecule has 4 rings (SSSR count). The van der Waals surface area contributed by atoms with Crippen LogP contribution in [0.4, 0.5) is 4.79 Å². The second-order valence-corrected chi connectivity index (χ2v) is 7.92. The molecule has 0 saturated carbocycles. The number of carbonyl (C=O) groups excluding carboxylic acids is 1. The van der Waals surface area contributed by atoms with E-state index >= 15 is 0 Å². The zero-order chi connectivity index (χ0) is 20.4. The summed E-state index contributed by atoms with van der Waals surface area (Å²) in [4.78, 5) is 25.9.